The van der Waals surface area contributed by atoms with Crippen LogP contribution >= 0.6 is 0 Å². The van der Waals surface area contributed by atoms with Crippen molar-refractivity contribution in [1.29, 1.82) is 0 Å². The molecule has 0 radical (unpaired) electrons. The maximum Gasteiger partial charge on any atom is 0.573 e. The Balaban J connectivity index is 2.06. The van der Waals surface area contributed by atoms with Crippen LogP contribution in [0.4, 0.5) is 13.2 Å². The molecule has 1 saturated heterocycles. The van der Waals surface area contributed by atoms with Gasteiger partial charge in [-0.1, -0.05) is 18.2 Å². The van der Waals surface area contributed by atoms with Crippen molar-refractivity contribution in [3.05, 3.63) is 48.5 Å². The first-order chi connectivity index (χ1) is 16.5. The minimum Gasteiger partial charge on any atom is -0.456 e. The van der Waals surface area contributed by atoms with Crippen molar-refractivity contribution in [1.82, 2.24) is 10.4 Å². The number of likely N-dealkylation sites (tertiary alicyclic amines) is 1. The molecule has 9 nitrogen and oxygen atoms in total. The second-order valence-electron chi connectivity index (χ2n) is 7.84. The lowest BCUT2D eigenvalue weighted by Crippen LogP contribution is -2.58. The maximum atomic E-state index is 13.9. The van der Waals surface area contributed by atoms with Crippen LogP contribution in [0.5, 0.6) is 17.2 Å². The Kier molecular flexibility index (Phi) is 8.26. The van der Waals surface area contributed by atoms with Gasteiger partial charge in [0.2, 0.25) is 0 Å². The zero-order valence-electron chi connectivity index (χ0n) is 18.7. The summed E-state index contributed by atoms with van der Waals surface area (Å²) >= 11 is 0. The van der Waals surface area contributed by atoms with Crippen LogP contribution in [0.1, 0.15) is 12.8 Å². The number of amides is 1. The number of ether oxygens (including phenoxy) is 3. The molecule has 1 amide bonds. The summed E-state index contributed by atoms with van der Waals surface area (Å²) in [4.78, 5) is 14.2. The quantitative estimate of drug-likeness (QED) is 0.385. The van der Waals surface area contributed by atoms with Gasteiger partial charge < -0.3 is 19.1 Å². The van der Waals surface area contributed by atoms with E-state index in [1.807, 2.05) is 4.90 Å². The van der Waals surface area contributed by atoms with Gasteiger partial charge >= 0.3 is 6.36 Å². The van der Waals surface area contributed by atoms with Gasteiger partial charge in [0.25, 0.3) is 5.91 Å². The van der Waals surface area contributed by atoms with Crippen molar-refractivity contribution in [3.8, 4) is 17.2 Å². The molecule has 0 bridgehead atoms. The average Bonchev–Trinajstić information content (AvgIpc) is 2.82. The van der Waals surface area contributed by atoms with E-state index in [1.165, 1.54) is 24.7 Å². The van der Waals surface area contributed by atoms with E-state index in [0.29, 0.717) is 13.2 Å². The van der Waals surface area contributed by atoms with Gasteiger partial charge in [0.15, 0.2) is 14.6 Å². The van der Waals surface area contributed by atoms with E-state index in [1.54, 1.807) is 18.2 Å². The van der Waals surface area contributed by atoms with Crippen molar-refractivity contribution in [3.63, 3.8) is 0 Å². The topological polar surface area (TPSA) is 114 Å². The first-order valence-electron chi connectivity index (χ1n) is 10.6. The van der Waals surface area contributed by atoms with E-state index >= 15 is 0 Å². The zero-order chi connectivity index (χ0) is 25.7. The summed E-state index contributed by atoms with van der Waals surface area (Å²) in [6.45, 7) is 1.33. The maximum absolute atomic E-state index is 13.9. The molecule has 0 unspecified atom stereocenters. The first-order valence-corrected chi connectivity index (χ1v) is 12.0. The summed E-state index contributed by atoms with van der Waals surface area (Å²) < 4.78 is 78.6. The Morgan fingerprint density at radius 3 is 2.34 bits per heavy atom. The van der Waals surface area contributed by atoms with Crippen LogP contribution in [0.3, 0.4) is 0 Å². The fourth-order valence-electron chi connectivity index (χ4n) is 3.89. The highest BCUT2D eigenvalue weighted by Crippen LogP contribution is 2.42. The standard InChI is InChI=1S/C22H25F3N2O7S/c1-32-14-13-27-11-9-21(10-12-27,20(28)26-29)35(30,31)19-8-7-17(34-22(23,24)25)15-18(19)33-16-5-3-2-4-6-16/h2-8,15,29H,9-14H2,1H3,(H,26,28). The third-order valence-electron chi connectivity index (χ3n) is 5.71. The highest BCUT2D eigenvalue weighted by molar-refractivity contribution is 7.93. The van der Waals surface area contributed by atoms with Crippen molar-refractivity contribution >= 4 is 15.7 Å². The Morgan fingerprint density at radius 2 is 1.77 bits per heavy atom. The summed E-state index contributed by atoms with van der Waals surface area (Å²) in [5, 5.41) is 9.37. The number of hydroxylamine groups is 1. The Labute approximate surface area is 200 Å². The number of benzene rings is 2. The number of hydrogen-bond donors (Lipinski definition) is 2. The van der Waals surface area contributed by atoms with Crippen LogP contribution in [0.2, 0.25) is 0 Å². The molecule has 1 aliphatic rings. The van der Waals surface area contributed by atoms with Crippen LogP contribution in [0.25, 0.3) is 0 Å². The third-order valence-corrected chi connectivity index (χ3v) is 8.25. The van der Waals surface area contributed by atoms with Crippen LogP contribution in [-0.2, 0) is 19.4 Å². The molecular formula is C22H25F3N2O7S. The smallest absolute Gasteiger partial charge is 0.456 e. The van der Waals surface area contributed by atoms with E-state index in [-0.39, 0.29) is 31.7 Å². The lowest BCUT2D eigenvalue weighted by molar-refractivity contribution is -0.274. The molecule has 0 atom stereocenters. The number of alkyl halides is 3. The highest BCUT2D eigenvalue weighted by atomic mass is 32.2. The summed E-state index contributed by atoms with van der Waals surface area (Å²) in [7, 11) is -3.06. The van der Waals surface area contributed by atoms with Gasteiger partial charge in [-0.25, -0.2) is 13.9 Å². The molecule has 35 heavy (non-hydrogen) atoms. The van der Waals surface area contributed by atoms with Gasteiger partial charge in [0, 0.05) is 32.8 Å². The fraction of sp³-hybridized carbons (Fsp3) is 0.409. The lowest BCUT2D eigenvalue weighted by Gasteiger charge is -2.39. The first kappa shape index (κ1) is 26.7. The summed E-state index contributed by atoms with van der Waals surface area (Å²) in [5.41, 5.74) is 1.45. The Morgan fingerprint density at radius 1 is 1.11 bits per heavy atom. The van der Waals surface area contributed by atoms with E-state index in [9.17, 15) is 31.6 Å². The zero-order valence-corrected chi connectivity index (χ0v) is 19.6. The van der Waals surface area contributed by atoms with Crippen LogP contribution in [-0.4, -0.2) is 68.9 Å². The van der Waals surface area contributed by atoms with E-state index in [2.05, 4.69) is 4.74 Å². The highest BCUT2D eigenvalue weighted by Gasteiger charge is 2.54. The molecule has 13 heteroatoms. The average molecular weight is 519 g/mol. The minimum atomic E-state index is -5.02. The number of halogens is 3. The van der Waals surface area contributed by atoms with Crippen molar-refractivity contribution in [2.75, 3.05) is 33.4 Å². The number of nitrogens with one attached hydrogen (secondary N) is 1. The van der Waals surface area contributed by atoms with Gasteiger partial charge in [-0.2, -0.15) is 0 Å². The van der Waals surface area contributed by atoms with Gasteiger partial charge in [0.1, 0.15) is 22.1 Å². The lowest BCUT2D eigenvalue weighted by atomic mass is 9.95. The molecule has 192 valence electrons. The number of methoxy groups -OCH3 is 1. The van der Waals surface area contributed by atoms with Crippen molar-refractivity contribution in [2.24, 2.45) is 0 Å². The molecular weight excluding hydrogens is 493 g/mol. The van der Waals surface area contributed by atoms with Gasteiger partial charge in [-0.15, -0.1) is 13.2 Å². The van der Waals surface area contributed by atoms with Crippen LogP contribution in [0, 0.1) is 0 Å². The molecule has 2 aromatic rings. The number of nitrogens with zero attached hydrogens (tertiary/aromatic N) is 1. The molecule has 0 aromatic heterocycles. The second-order valence-corrected chi connectivity index (χ2v) is 10.1. The number of carbonyl (C=O) groups excluding carboxylic acids is 1. The fourth-order valence-corrected chi connectivity index (χ4v) is 5.93. The molecule has 1 fully saturated rings. The third kappa shape index (κ3) is 6.04. The molecule has 1 heterocycles. The Hall–Kier alpha value is -2.87. The summed E-state index contributed by atoms with van der Waals surface area (Å²) in [6, 6.07) is 10.4. The molecule has 3 rings (SSSR count). The van der Waals surface area contributed by atoms with Crippen LogP contribution in [0.15, 0.2) is 53.4 Å². The molecule has 0 spiro atoms. The minimum absolute atomic E-state index is 0.156. The molecule has 0 saturated carbocycles. The van der Waals surface area contributed by atoms with Crippen molar-refractivity contribution < 1.29 is 45.8 Å². The number of piperidine rings is 1. The van der Waals surface area contributed by atoms with Gasteiger partial charge in [0.05, 0.1) is 6.61 Å². The largest absolute Gasteiger partial charge is 0.573 e. The van der Waals surface area contributed by atoms with Crippen LogP contribution < -0.4 is 15.0 Å². The van der Waals surface area contributed by atoms with E-state index in [4.69, 9.17) is 9.47 Å². The monoisotopic (exact) mass is 518 g/mol. The van der Waals surface area contributed by atoms with Gasteiger partial charge in [-0.05, 0) is 37.1 Å². The summed E-state index contributed by atoms with van der Waals surface area (Å²) in [6.07, 6.45) is -5.36. The number of rotatable bonds is 9. The second kappa shape index (κ2) is 10.8. The SMILES string of the molecule is COCCN1CCC(C(=O)NO)(S(=O)(=O)c2ccc(OC(F)(F)F)cc2Oc2ccccc2)CC1. The number of para-hydroxylation sites is 1. The predicted molar refractivity (Wildman–Crippen MR) is 117 cm³/mol. The molecule has 2 aromatic carbocycles. The normalized spacial score (nSPS) is 16.5. The predicted octanol–water partition coefficient (Wildman–Crippen LogP) is 3.14. The molecule has 0 aliphatic carbocycles. The molecule has 2 N–H and O–H groups in total. The van der Waals surface area contributed by atoms with E-state index in [0.717, 1.165) is 18.2 Å². The van der Waals surface area contributed by atoms with E-state index < -0.39 is 43.2 Å². The Bertz CT molecular complexity index is 1120. The number of hydrogen-bond acceptors (Lipinski definition) is 8. The molecule has 1 aliphatic heterocycles. The number of sulfone groups is 1. The van der Waals surface area contributed by atoms with Crippen molar-refractivity contribution in [2.45, 2.75) is 28.8 Å². The number of carbonyl (C=O) groups is 1. The summed E-state index contributed by atoms with van der Waals surface area (Å²) in [5.74, 6) is -2.13. The van der Waals surface area contributed by atoms with Gasteiger partial charge in [-0.3, -0.25) is 10.0 Å².